The zero-order valence-corrected chi connectivity index (χ0v) is 13.3. The predicted octanol–water partition coefficient (Wildman–Crippen LogP) is 1.16. The van der Waals surface area contributed by atoms with Gasteiger partial charge in [-0.05, 0) is 24.3 Å². The Morgan fingerprint density at radius 3 is 2.54 bits per heavy atom. The molecule has 1 N–H and O–H groups in total. The molecular formula is C16H17N7O. The lowest BCUT2D eigenvalue weighted by Gasteiger charge is -2.34. The first-order valence-corrected chi connectivity index (χ1v) is 7.63. The summed E-state index contributed by atoms with van der Waals surface area (Å²) >= 11 is 0. The third-order valence-corrected chi connectivity index (χ3v) is 3.87. The van der Waals surface area contributed by atoms with E-state index in [9.17, 15) is 4.79 Å². The lowest BCUT2D eigenvalue weighted by Crippen LogP contribution is -2.48. The molecule has 8 nitrogen and oxygen atoms in total. The number of piperazine rings is 1. The summed E-state index contributed by atoms with van der Waals surface area (Å²) in [5.41, 5.74) is 1.38. The maximum Gasteiger partial charge on any atom is 0.249 e. The minimum atomic E-state index is 0.0960. The molecule has 0 aliphatic carbocycles. The van der Waals surface area contributed by atoms with E-state index < -0.39 is 0 Å². The average Bonchev–Trinajstić information content (AvgIpc) is 2.63. The van der Waals surface area contributed by atoms with Crippen LogP contribution in [0.2, 0.25) is 0 Å². The molecule has 1 fully saturated rings. The van der Waals surface area contributed by atoms with E-state index in [-0.39, 0.29) is 5.91 Å². The summed E-state index contributed by atoms with van der Waals surface area (Å²) in [7, 11) is 0. The van der Waals surface area contributed by atoms with Gasteiger partial charge in [-0.3, -0.25) is 4.79 Å². The molecule has 1 aliphatic heterocycles. The Hall–Kier alpha value is -3.21. The number of hydrogen-bond donors (Lipinski definition) is 1. The molecule has 122 valence electrons. The fraction of sp³-hybridized carbons (Fsp3) is 0.312. The number of hydrogen-bond acceptors (Lipinski definition) is 7. The average molecular weight is 323 g/mol. The summed E-state index contributed by atoms with van der Waals surface area (Å²) in [6, 6.07) is 9.11. The van der Waals surface area contributed by atoms with Crippen LogP contribution in [0.3, 0.4) is 0 Å². The van der Waals surface area contributed by atoms with Crippen LogP contribution in [0, 0.1) is 11.3 Å². The zero-order chi connectivity index (χ0) is 16.9. The first kappa shape index (κ1) is 15.7. The lowest BCUT2D eigenvalue weighted by atomic mass is 10.2. The molecular weight excluding hydrogens is 306 g/mol. The smallest absolute Gasteiger partial charge is 0.249 e. The maximum atomic E-state index is 11.4. The molecule has 0 radical (unpaired) electrons. The summed E-state index contributed by atoms with van der Waals surface area (Å²) in [6.07, 6.45) is 1.62. The minimum Gasteiger partial charge on any atom is -0.352 e. The Morgan fingerprint density at radius 1 is 1.21 bits per heavy atom. The normalized spacial score (nSPS) is 14.2. The predicted molar refractivity (Wildman–Crippen MR) is 88.7 cm³/mol. The van der Waals surface area contributed by atoms with Gasteiger partial charge < -0.3 is 15.1 Å². The van der Waals surface area contributed by atoms with E-state index in [1.807, 2.05) is 4.90 Å². The van der Waals surface area contributed by atoms with Crippen LogP contribution in [0.5, 0.6) is 0 Å². The largest absolute Gasteiger partial charge is 0.352 e. The van der Waals surface area contributed by atoms with Gasteiger partial charge in [-0.15, -0.1) is 5.10 Å². The van der Waals surface area contributed by atoms with Gasteiger partial charge >= 0.3 is 0 Å². The van der Waals surface area contributed by atoms with E-state index >= 15 is 0 Å². The Bertz CT molecular complexity index is 761. The molecule has 0 unspecified atom stereocenters. The summed E-state index contributed by atoms with van der Waals surface area (Å²) in [5, 5.41) is 19.9. The molecule has 1 aromatic heterocycles. The number of anilines is 3. The van der Waals surface area contributed by atoms with Crippen molar-refractivity contribution in [3.8, 4) is 6.07 Å². The van der Waals surface area contributed by atoms with Crippen molar-refractivity contribution in [1.82, 2.24) is 20.1 Å². The number of carbonyl (C=O) groups excluding carboxylic acids is 1. The van der Waals surface area contributed by atoms with Crippen LogP contribution in [-0.4, -0.2) is 52.2 Å². The molecule has 8 heteroatoms. The third kappa shape index (κ3) is 3.57. The molecule has 1 amide bonds. The molecule has 0 atom stereocenters. The van der Waals surface area contributed by atoms with Gasteiger partial charge in [0.25, 0.3) is 0 Å². The third-order valence-electron chi connectivity index (χ3n) is 3.87. The van der Waals surface area contributed by atoms with Crippen molar-refractivity contribution >= 4 is 23.4 Å². The van der Waals surface area contributed by atoms with Crippen LogP contribution < -0.4 is 10.2 Å². The number of benzene rings is 1. The standard InChI is InChI=1S/C16H17N7O/c1-12(24)22-6-8-23(9-7-22)15-11-18-21-16(20-15)19-14-4-2-13(10-17)3-5-14/h2-5,11H,6-9H2,1H3,(H,19,20,21). The van der Waals surface area contributed by atoms with Crippen molar-refractivity contribution in [3.63, 3.8) is 0 Å². The molecule has 2 aromatic rings. The highest BCUT2D eigenvalue weighted by Gasteiger charge is 2.20. The van der Waals surface area contributed by atoms with Crippen molar-refractivity contribution in [2.75, 3.05) is 36.4 Å². The van der Waals surface area contributed by atoms with E-state index in [2.05, 4.69) is 31.5 Å². The lowest BCUT2D eigenvalue weighted by molar-refractivity contribution is -0.129. The van der Waals surface area contributed by atoms with Crippen molar-refractivity contribution in [3.05, 3.63) is 36.0 Å². The summed E-state index contributed by atoms with van der Waals surface area (Å²) in [6.45, 7) is 4.38. The van der Waals surface area contributed by atoms with Gasteiger partial charge in [0, 0.05) is 38.8 Å². The molecule has 2 heterocycles. The monoisotopic (exact) mass is 323 g/mol. The second kappa shape index (κ2) is 6.91. The van der Waals surface area contributed by atoms with Crippen LogP contribution in [0.15, 0.2) is 30.5 Å². The van der Waals surface area contributed by atoms with E-state index in [1.54, 1.807) is 37.4 Å². The summed E-state index contributed by atoms with van der Waals surface area (Å²) in [4.78, 5) is 19.8. The first-order chi connectivity index (χ1) is 11.7. The topological polar surface area (TPSA) is 98.0 Å². The number of nitrogens with zero attached hydrogens (tertiary/aromatic N) is 6. The molecule has 0 bridgehead atoms. The van der Waals surface area contributed by atoms with E-state index in [1.165, 1.54) is 0 Å². The van der Waals surface area contributed by atoms with Crippen molar-refractivity contribution < 1.29 is 4.79 Å². The van der Waals surface area contributed by atoms with Crippen LogP contribution >= 0.6 is 0 Å². The summed E-state index contributed by atoms with van der Waals surface area (Å²) in [5.74, 6) is 1.22. The Morgan fingerprint density at radius 2 is 1.92 bits per heavy atom. The van der Waals surface area contributed by atoms with Gasteiger partial charge in [0.1, 0.15) is 0 Å². The van der Waals surface area contributed by atoms with Crippen molar-refractivity contribution in [1.29, 1.82) is 5.26 Å². The van der Waals surface area contributed by atoms with Gasteiger partial charge in [-0.25, -0.2) is 0 Å². The maximum absolute atomic E-state index is 11.4. The number of nitriles is 1. The highest BCUT2D eigenvalue weighted by atomic mass is 16.2. The molecule has 24 heavy (non-hydrogen) atoms. The Kier molecular flexibility index (Phi) is 4.52. The van der Waals surface area contributed by atoms with E-state index in [0.717, 1.165) is 11.5 Å². The number of carbonyl (C=O) groups is 1. The highest BCUT2D eigenvalue weighted by Crippen LogP contribution is 2.17. The second-order valence-electron chi connectivity index (χ2n) is 5.45. The Balaban J connectivity index is 1.68. The van der Waals surface area contributed by atoms with Gasteiger partial charge in [0.2, 0.25) is 11.9 Å². The van der Waals surface area contributed by atoms with Gasteiger partial charge in [0.15, 0.2) is 5.82 Å². The van der Waals surface area contributed by atoms with Crippen molar-refractivity contribution in [2.24, 2.45) is 0 Å². The zero-order valence-electron chi connectivity index (χ0n) is 13.3. The molecule has 1 saturated heterocycles. The van der Waals surface area contributed by atoms with Gasteiger partial charge in [-0.2, -0.15) is 15.3 Å². The van der Waals surface area contributed by atoms with Crippen molar-refractivity contribution in [2.45, 2.75) is 6.92 Å². The molecule has 1 aliphatic rings. The molecule has 1 aromatic carbocycles. The molecule has 0 saturated carbocycles. The summed E-state index contributed by atoms with van der Waals surface area (Å²) < 4.78 is 0. The van der Waals surface area contributed by atoms with Crippen LogP contribution in [0.1, 0.15) is 12.5 Å². The number of aromatic nitrogens is 3. The highest BCUT2D eigenvalue weighted by molar-refractivity contribution is 5.73. The number of nitrogens with one attached hydrogen (secondary N) is 1. The van der Waals surface area contributed by atoms with Crippen LogP contribution in [-0.2, 0) is 4.79 Å². The van der Waals surface area contributed by atoms with Crippen LogP contribution in [0.4, 0.5) is 17.5 Å². The SMILES string of the molecule is CC(=O)N1CCN(c2cnnc(Nc3ccc(C#N)cc3)n2)CC1. The minimum absolute atomic E-state index is 0.0960. The van der Waals surface area contributed by atoms with Gasteiger partial charge in [-0.1, -0.05) is 0 Å². The molecule has 0 spiro atoms. The number of rotatable bonds is 3. The first-order valence-electron chi connectivity index (χ1n) is 7.63. The second-order valence-corrected chi connectivity index (χ2v) is 5.45. The number of amides is 1. The van der Waals surface area contributed by atoms with E-state index in [4.69, 9.17) is 5.26 Å². The fourth-order valence-electron chi connectivity index (χ4n) is 2.51. The van der Waals surface area contributed by atoms with Crippen LogP contribution in [0.25, 0.3) is 0 Å². The fourth-order valence-corrected chi connectivity index (χ4v) is 2.51. The quantitative estimate of drug-likeness (QED) is 0.905. The molecule has 3 rings (SSSR count). The Labute approximate surface area is 139 Å². The van der Waals surface area contributed by atoms with E-state index in [0.29, 0.717) is 37.7 Å². The van der Waals surface area contributed by atoms with Gasteiger partial charge in [0.05, 0.1) is 17.8 Å².